The zero-order chi connectivity index (χ0) is 13.4. The van der Waals surface area contributed by atoms with E-state index >= 15 is 0 Å². The number of primary amides is 1. The Bertz CT molecular complexity index is 493. The van der Waals surface area contributed by atoms with Crippen molar-refractivity contribution in [2.75, 3.05) is 26.2 Å². The number of nitrogens with two attached hydrogens (primary N) is 1. The molecule has 102 valence electrons. The summed E-state index contributed by atoms with van der Waals surface area (Å²) in [7, 11) is 0. The molecule has 0 spiro atoms. The van der Waals surface area contributed by atoms with E-state index in [1.165, 1.54) is 0 Å². The molecule has 2 aliphatic heterocycles. The zero-order valence-corrected chi connectivity index (χ0v) is 11.5. The average Bonchev–Trinajstić information content (AvgIpc) is 2.92. The number of rotatable bonds is 3. The topological polar surface area (TPSA) is 58.4 Å². The van der Waals surface area contributed by atoms with E-state index in [1.54, 1.807) is 12.1 Å². The van der Waals surface area contributed by atoms with E-state index < -0.39 is 5.91 Å². The molecule has 0 aromatic heterocycles. The van der Waals surface area contributed by atoms with Gasteiger partial charge >= 0.3 is 0 Å². The number of carbonyl (C=O) groups excluding carboxylic acids is 1. The average molecular weight is 280 g/mol. The predicted octanol–water partition coefficient (Wildman–Crippen LogP) is 1.09. The van der Waals surface area contributed by atoms with Crippen molar-refractivity contribution >= 4 is 17.5 Å². The van der Waals surface area contributed by atoms with Crippen LogP contribution in [0.2, 0.25) is 5.02 Å². The lowest BCUT2D eigenvalue weighted by Crippen LogP contribution is -2.25. The molecule has 1 aromatic carbocycles. The highest BCUT2D eigenvalue weighted by Gasteiger charge is 2.35. The Hall–Kier alpha value is -1.10. The molecule has 3 N–H and O–H groups in total. The van der Waals surface area contributed by atoms with Gasteiger partial charge in [-0.1, -0.05) is 17.7 Å². The van der Waals surface area contributed by atoms with Gasteiger partial charge in [0.2, 0.25) is 5.91 Å². The molecule has 2 aliphatic rings. The van der Waals surface area contributed by atoms with Gasteiger partial charge in [-0.25, -0.2) is 0 Å². The fourth-order valence-corrected chi connectivity index (χ4v) is 3.39. The summed E-state index contributed by atoms with van der Waals surface area (Å²) in [4.78, 5) is 13.5. The Labute approximate surface area is 117 Å². The molecule has 0 unspecified atom stereocenters. The standard InChI is InChI=1S/C14H18ClN3O/c15-13-3-9(14(16)19)1-2-10(13)6-18-7-11-4-17-5-12(11)8-18/h1-3,11-12,17H,4-8H2,(H2,16,19)/t11-,12+. The third-order valence-electron chi connectivity index (χ3n) is 4.20. The second kappa shape index (κ2) is 5.12. The lowest BCUT2D eigenvalue weighted by atomic mass is 10.0. The van der Waals surface area contributed by atoms with E-state index in [2.05, 4.69) is 10.2 Å². The molecular weight excluding hydrogens is 262 g/mol. The summed E-state index contributed by atoms with van der Waals surface area (Å²) in [6.45, 7) is 5.38. The summed E-state index contributed by atoms with van der Waals surface area (Å²) in [5, 5.41) is 4.07. The Morgan fingerprint density at radius 3 is 2.63 bits per heavy atom. The number of benzene rings is 1. The first kappa shape index (κ1) is 12.9. The molecule has 19 heavy (non-hydrogen) atoms. The first-order valence-corrected chi connectivity index (χ1v) is 7.02. The summed E-state index contributed by atoms with van der Waals surface area (Å²) < 4.78 is 0. The molecule has 0 saturated carbocycles. The fraction of sp³-hybridized carbons (Fsp3) is 0.500. The van der Waals surface area contributed by atoms with Crippen molar-refractivity contribution in [3.63, 3.8) is 0 Å². The third-order valence-corrected chi connectivity index (χ3v) is 4.55. The van der Waals surface area contributed by atoms with Crippen LogP contribution in [0.4, 0.5) is 0 Å². The summed E-state index contributed by atoms with van der Waals surface area (Å²) >= 11 is 6.23. The van der Waals surface area contributed by atoms with Crippen LogP contribution in [0, 0.1) is 11.8 Å². The Balaban J connectivity index is 1.69. The third kappa shape index (κ3) is 2.61. The van der Waals surface area contributed by atoms with Crippen LogP contribution in [-0.4, -0.2) is 37.0 Å². The van der Waals surface area contributed by atoms with Crippen LogP contribution in [-0.2, 0) is 6.54 Å². The number of nitrogens with one attached hydrogen (secondary N) is 1. The smallest absolute Gasteiger partial charge is 0.248 e. The molecule has 2 heterocycles. The SMILES string of the molecule is NC(=O)c1ccc(CN2C[C@H]3CNC[C@H]3C2)c(Cl)c1. The van der Waals surface area contributed by atoms with Gasteiger partial charge in [0.1, 0.15) is 0 Å². The highest BCUT2D eigenvalue weighted by atomic mass is 35.5. The molecular formula is C14H18ClN3O. The summed E-state index contributed by atoms with van der Waals surface area (Å²) in [5.74, 6) is 1.13. The fourth-order valence-electron chi connectivity index (χ4n) is 3.15. The minimum Gasteiger partial charge on any atom is -0.366 e. The molecule has 2 atom stereocenters. The van der Waals surface area contributed by atoms with Gasteiger partial charge in [-0.15, -0.1) is 0 Å². The Kier molecular flexibility index (Phi) is 3.48. The van der Waals surface area contributed by atoms with Gasteiger partial charge < -0.3 is 11.1 Å². The van der Waals surface area contributed by atoms with Crippen molar-refractivity contribution < 1.29 is 4.79 Å². The lowest BCUT2D eigenvalue weighted by Gasteiger charge is -2.18. The molecule has 2 fully saturated rings. The summed E-state index contributed by atoms with van der Waals surface area (Å²) in [5.41, 5.74) is 6.78. The van der Waals surface area contributed by atoms with Gasteiger partial charge in [0.15, 0.2) is 0 Å². The van der Waals surface area contributed by atoms with Gasteiger partial charge in [-0.3, -0.25) is 9.69 Å². The Morgan fingerprint density at radius 1 is 1.37 bits per heavy atom. The van der Waals surface area contributed by atoms with E-state index in [4.69, 9.17) is 17.3 Å². The molecule has 0 radical (unpaired) electrons. The van der Waals surface area contributed by atoms with Crippen LogP contribution in [0.5, 0.6) is 0 Å². The second-order valence-electron chi connectivity index (χ2n) is 5.54. The molecule has 4 nitrogen and oxygen atoms in total. The molecule has 5 heteroatoms. The van der Waals surface area contributed by atoms with E-state index in [9.17, 15) is 4.79 Å². The lowest BCUT2D eigenvalue weighted by molar-refractivity contribution is 0.100. The summed E-state index contributed by atoms with van der Waals surface area (Å²) in [6, 6.07) is 5.33. The predicted molar refractivity (Wildman–Crippen MR) is 75.1 cm³/mol. The van der Waals surface area contributed by atoms with Crippen molar-refractivity contribution in [1.82, 2.24) is 10.2 Å². The van der Waals surface area contributed by atoms with Crippen LogP contribution in [0.25, 0.3) is 0 Å². The molecule has 1 amide bonds. The first-order valence-electron chi connectivity index (χ1n) is 6.65. The Morgan fingerprint density at radius 2 is 2.05 bits per heavy atom. The molecule has 1 aromatic rings. The van der Waals surface area contributed by atoms with Crippen LogP contribution in [0.3, 0.4) is 0 Å². The summed E-state index contributed by atoms with van der Waals surface area (Å²) in [6.07, 6.45) is 0. The van der Waals surface area contributed by atoms with Gasteiger partial charge in [-0.05, 0) is 42.6 Å². The first-order chi connectivity index (χ1) is 9.13. The minimum absolute atomic E-state index is 0.435. The maximum atomic E-state index is 11.1. The van der Waals surface area contributed by atoms with Crippen molar-refractivity contribution in [2.45, 2.75) is 6.54 Å². The maximum Gasteiger partial charge on any atom is 0.248 e. The minimum atomic E-state index is -0.435. The van der Waals surface area contributed by atoms with Crippen molar-refractivity contribution in [2.24, 2.45) is 17.6 Å². The zero-order valence-electron chi connectivity index (χ0n) is 10.7. The molecule has 0 aliphatic carbocycles. The number of likely N-dealkylation sites (tertiary alicyclic amines) is 1. The van der Waals surface area contributed by atoms with Crippen LogP contribution < -0.4 is 11.1 Å². The van der Waals surface area contributed by atoms with E-state index in [-0.39, 0.29) is 0 Å². The molecule has 3 rings (SSSR count). The highest BCUT2D eigenvalue weighted by Crippen LogP contribution is 2.29. The van der Waals surface area contributed by atoms with Crippen LogP contribution in [0.1, 0.15) is 15.9 Å². The van der Waals surface area contributed by atoms with Gasteiger partial charge in [-0.2, -0.15) is 0 Å². The highest BCUT2D eigenvalue weighted by molar-refractivity contribution is 6.31. The van der Waals surface area contributed by atoms with Crippen molar-refractivity contribution in [3.05, 3.63) is 34.3 Å². The maximum absolute atomic E-state index is 11.1. The quantitative estimate of drug-likeness (QED) is 0.871. The largest absolute Gasteiger partial charge is 0.366 e. The van der Waals surface area contributed by atoms with E-state index in [0.717, 1.165) is 50.1 Å². The number of amides is 1. The van der Waals surface area contributed by atoms with Gasteiger partial charge in [0, 0.05) is 30.2 Å². The van der Waals surface area contributed by atoms with E-state index in [1.807, 2.05) is 6.07 Å². The molecule has 2 saturated heterocycles. The van der Waals surface area contributed by atoms with Crippen molar-refractivity contribution in [1.29, 1.82) is 0 Å². The van der Waals surface area contributed by atoms with Crippen LogP contribution >= 0.6 is 11.6 Å². The monoisotopic (exact) mass is 279 g/mol. The van der Waals surface area contributed by atoms with Gasteiger partial charge in [0.25, 0.3) is 0 Å². The number of hydrogen-bond donors (Lipinski definition) is 2. The van der Waals surface area contributed by atoms with Gasteiger partial charge in [0.05, 0.1) is 0 Å². The number of carbonyl (C=O) groups is 1. The second-order valence-corrected chi connectivity index (χ2v) is 5.95. The molecule has 0 bridgehead atoms. The van der Waals surface area contributed by atoms with Crippen molar-refractivity contribution in [3.8, 4) is 0 Å². The van der Waals surface area contributed by atoms with Crippen LogP contribution in [0.15, 0.2) is 18.2 Å². The normalized spacial score (nSPS) is 26.6. The number of fused-ring (bicyclic) bond motifs is 1. The van der Waals surface area contributed by atoms with E-state index in [0.29, 0.717) is 10.6 Å². The number of halogens is 1. The number of hydrogen-bond acceptors (Lipinski definition) is 3. The number of nitrogens with zero attached hydrogens (tertiary/aromatic N) is 1.